The fraction of sp³-hybridized carbons (Fsp3) is 0.421. The van der Waals surface area contributed by atoms with Crippen LogP contribution in [0.1, 0.15) is 98.3 Å². The summed E-state index contributed by atoms with van der Waals surface area (Å²) in [5, 5.41) is 2.59. The van der Waals surface area contributed by atoms with Crippen molar-refractivity contribution in [1.82, 2.24) is 0 Å². The molecule has 0 saturated carbocycles. The van der Waals surface area contributed by atoms with Crippen molar-refractivity contribution in [1.29, 1.82) is 0 Å². The molecule has 3 rings (SSSR count). The number of hydrogen-bond acceptors (Lipinski definition) is 1. The Balaban J connectivity index is 2.05. The monoisotopic (exact) mass is 574 g/mol. The van der Waals surface area contributed by atoms with Crippen LogP contribution in [-0.4, -0.2) is 6.61 Å². The third-order valence-electron chi connectivity index (χ3n) is 8.33. The standard InChI is InChI=1S/C38H48ClFO/c1-11-25(5)36(26(6)24(3)4)37-27(7)30(20-21-34(37)39)32(33(12-2)38(8,9)10)16-14-22-41-35-17-13-15-28-23-29(40)18-19-31(28)35/h11,13,15,17-21,23-24H,12,14,16,22H2,1-10H3/b25-11-,33-32+,36-26+. The van der Waals surface area contributed by atoms with Gasteiger partial charge in [-0.05, 0) is 122 Å². The maximum absolute atomic E-state index is 13.8. The van der Waals surface area contributed by atoms with Gasteiger partial charge in [-0.25, -0.2) is 4.39 Å². The molecule has 41 heavy (non-hydrogen) atoms. The van der Waals surface area contributed by atoms with Crippen molar-refractivity contribution < 1.29 is 9.13 Å². The molecule has 3 aromatic rings. The van der Waals surface area contributed by atoms with Crippen LogP contribution < -0.4 is 4.74 Å². The molecule has 0 amide bonds. The van der Waals surface area contributed by atoms with Crippen LogP contribution in [0.15, 0.2) is 71.3 Å². The highest BCUT2D eigenvalue weighted by atomic mass is 35.5. The number of ether oxygens (including phenoxy) is 1. The van der Waals surface area contributed by atoms with Crippen LogP contribution in [0.2, 0.25) is 5.02 Å². The van der Waals surface area contributed by atoms with Crippen molar-refractivity contribution in [3.63, 3.8) is 0 Å². The number of benzene rings is 3. The summed E-state index contributed by atoms with van der Waals surface area (Å²) < 4.78 is 20.0. The van der Waals surface area contributed by atoms with Crippen molar-refractivity contribution in [2.75, 3.05) is 6.61 Å². The Morgan fingerprint density at radius 2 is 1.76 bits per heavy atom. The first kappa shape index (κ1) is 32.7. The fourth-order valence-electron chi connectivity index (χ4n) is 5.88. The van der Waals surface area contributed by atoms with Gasteiger partial charge >= 0.3 is 0 Å². The van der Waals surface area contributed by atoms with E-state index in [1.54, 1.807) is 12.1 Å². The summed E-state index contributed by atoms with van der Waals surface area (Å²) in [7, 11) is 0. The Bertz CT molecular complexity index is 1480. The second-order valence-corrected chi connectivity index (χ2v) is 12.8. The highest BCUT2D eigenvalue weighted by Gasteiger charge is 2.24. The largest absolute Gasteiger partial charge is 0.493 e. The summed E-state index contributed by atoms with van der Waals surface area (Å²) >= 11 is 6.99. The van der Waals surface area contributed by atoms with E-state index in [2.05, 4.69) is 87.4 Å². The molecule has 0 spiro atoms. The molecule has 0 N–H and O–H groups in total. The summed E-state index contributed by atoms with van der Waals surface area (Å²) in [5.74, 6) is 0.977. The Labute approximate surface area is 253 Å². The lowest BCUT2D eigenvalue weighted by atomic mass is 9.77. The van der Waals surface area contributed by atoms with Crippen molar-refractivity contribution in [2.45, 2.75) is 88.5 Å². The predicted octanol–water partition coefficient (Wildman–Crippen LogP) is 12.4. The van der Waals surface area contributed by atoms with E-state index < -0.39 is 0 Å². The molecule has 0 bridgehead atoms. The minimum atomic E-state index is -0.234. The Kier molecular flexibility index (Phi) is 11.1. The van der Waals surface area contributed by atoms with Crippen LogP contribution in [0.3, 0.4) is 0 Å². The molecule has 0 fully saturated rings. The van der Waals surface area contributed by atoms with Gasteiger partial charge in [-0.1, -0.05) is 88.6 Å². The van der Waals surface area contributed by atoms with E-state index in [4.69, 9.17) is 16.3 Å². The van der Waals surface area contributed by atoms with E-state index in [0.29, 0.717) is 12.5 Å². The number of fused-ring (bicyclic) bond motifs is 1. The zero-order chi connectivity index (χ0) is 30.5. The first-order valence-electron chi connectivity index (χ1n) is 15.0. The second-order valence-electron chi connectivity index (χ2n) is 12.4. The zero-order valence-electron chi connectivity index (χ0n) is 26.8. The van der Waals surface area contributed by atoms with Crippen molar-refractivity contribution in [3.8, 4) is 5.75 Å². The van der Waals surface area contributed by atoms with Crippen molar-refractivity contribution >= 4 is 33.5 Å². The van der Waals surface area contributed by atoms with Gasteiger partial charge in [0, 0.05) is 16.0 Å². The van der Waals surface area contributed by atoms with E-state index >= 15 is 0 Å². The van der Waals surface area contributed by atoms with E-state index in [9.17, 15) is 4.39 Å². The van der Waals surface area contributed by atoms with Gasteiger partial charge in [0.25, 0.3) is 0 Å². The molecule has 3 aromatic carbocycles. The zero-order valence-corrected chi connectivity index (χ0v) is 27.5. The summed E-state index contributed by atoms with van der Waals surface area (Å²) in [6.07, 6.45) is 4.93. The molecule has 3 heteroatoms. The molecule has 0 aliphatic heterocycles. The second kappa shape index (κ2) is 13.9. The van der Waals surface area contributed by atoms with E-state index in [0.717, 1.165) is 46.4 Å². The maximum Gasteiger partial charge on any atom is 0.127 e. The number of allylic oxidation sites excluding steroid dienone is 6. The van der Waals surface area contributed by atoms with Crippen LogP contribution in [-0.2, 0) is 0 Å². The van der Waals surface area contributed by atoms with Gasteiger partial charge in [-0.2, -0.15) is 0 Å². The predicted molar refractivity (Wildman–Crippen MR) is 178 cm³/mol. The molecule has 0 saturated heterocycles. The Morgan fingerprint density at radius 1 is 1.05 bits per heavy atom. The third-order valence-corrected chi connectivity index (χ3v) is 8.65. The smallest absolute Gasteiger partial charge is 0.127 e. The van der Waals surface area contributed by atoms with Crippen LogP contribution >= 0.6 is 11.6 Å². The van der Waals surface area contributed by atoms with Crippen LogP contribution in [0.25, 0.3) is 21.9 Å². The molecule has 0 radical (unpaired) electrons. The lowest BCUT2D eigenvalue weighted by Gasteiger charge is -2.29. The summed E-state index contributed by atoms with van der Waals surface area (Å²) in [6, 6.07) is 15.0. The number of halogens is 2. The van der Waals surface area contributed by atoms with Gasteiger partial charge in [0.05, 0.1) is 6.61 Å². The molecule has 0 unspecified atom stereocenters. The number of hydrogen-bond donors (Lipinski definition) is 0. The molecule has 1 nitrogen and oxygen atoms in total. The topological polar surface area (TPSA) is 9.23 Å². The normalized spacial score (nSPS) is 13.9. The molecular weight excluding hydrogens is 527 g/mol. The summed E-state index contributed by atoms with van der Waals surface area (Å²) in [4.78, 5) is 0. The highest BCUT2D eigenvalue weighted by molar-refractivity contribution is 6.33. The highest BCUT2D eigenvalue weighted by Crippen LogP contribution is 2.43. The number of rotatable bonds is 10. The molecule has 220 valence electrons. The van der Waals surface area contributed by atoms with Gasteiger partial charge in [-0.15, -0.1) is 0 Å². The lowest BCUT2D eigenvalue weighted by Crippen LogP contribution is -2.13. The van der Waals surface area contributed by atoms with Crippen LogP contribution in [0.4, 0.5) is 4.39 Å². The van der Waals surface area contributed by atoms with Gasteiger partial charge in [0.15, 0.2) is 0 Å². The van der Waals surface area contributed by atoms with Crippen molar-refractivity contribution in [3.05, 3.63) is 98.9 Å². The summed E-state index contributed by atoms with van der Waals surface area (Å²) in [5.41, 5.74) is 10.4. The molecule has 0 aliphatic carbocycles. The van der Waals surface area contributed by atoms with Gasteiger partial charge in [0.1, 0.15) is 11.6 Å². The van der Waals surface area contributed by atoms with Crippen LogP contribution in [0, 0.1) is 24.1 Å². The Hall–Kier alpha value is -2.84. The lowest BCUT2D eigenvalue weighted by molar-refractivity contribution is 0.316. The SMILES string of the molecule is C/C=C(C)\C(=C(\C)C(C)C)c1c(Cl)ccc(/C(CCCOc2cccc3cc(F)ccc23)=C(\CC)C(C)(C)C)c1C. The van der Waals surface area contributed by atoms with Gasteiger partial charge < -0.3 is 4.74 Å². The Morgan fingerprint density at radius 3 is 2.37 bits per heavy atom. The fourth-order valence-corrected chi connectivity index (χ4v) is 6.18. The average molecular weight is 575 g/mol. The van der Waals surface area contributed by atoms with E-state index in [1.807, 2.05) is 18.2 Å². The van der Waals surface area contributed by atoms with Gasteiger partial charge in [0.2, 0.25) is 0 Å². The first-order valence-corrected chi connectivity index (χ1v) is 15.4. The summed E-state index contributed by atoms with van der Waals surface area (Å²) in [6.45, 7) is 23.0. The maximum atomic E-state index is 13.8. The molecule has 0 aliphatic rings. The quantitative estimate of drug-likeness (QED) is 0.173. The van der Waals surface area contributed by atoms with Crippen LogP contribution in [0.5, 0.6) is 5.75 Å². The first-order chi connectivity index (χ1) is 19.3. The van der Waals surface area contributed by atoms with E-state index in [1.165, 1.54) is 45.1 Å². The average Bonchev–Trinajstić information content (AvgIpc) is 2.91. The van der Waals surface area contributed by atoms with Crippen molar-refractivity contribution in [2.24, 2.45) is 11.3 Å². The molecular formula is C38H48ClFO. The minimum Gasteiger partial charge on any atom is -0.493 e. The third kappa shape index (κ3) is 7.52. The van der Waals surface area contributed by atoms with Gasteiger partial charge in [-0.3, -0.25) is 0 Å². The van der Waals surface area contributed by atoms with E-state index in [-0.39, 0.29) is 11.2 Å². The minimum absolute atomic E-state index is 0.0304. The molecule has 0 heterocycles. The molecule has 0 atom stereocenters. The molecule has 0 aromatic heterocycles.